The van der Waals surface area contributed by atoms with Crippen molar-refractivity contribution >= 4 is 12.1 Å². The number of carbonyl (C=O) groups is 1. The minimum atomic E-state index is -0.194. The molecular formula is C15H20N2O2. The lowest BCUT2D eigenvalue weighted by atomic mass is 10.1. The summed E-state index contributed by atoms with van der Waals surface area (Å²) < 4.78 is 5.43. The van der Waals surface area contributed by atoms with E-state index in [9.17, 15) is 4.79 Å². The largest absolute Gasteiger partial charge is 0.376 e. The minimum absolute atomic E-state index is 0.172. The second-order valence-corrected chi connectivity index (χ2v) is 4.68. The summed E-state index contributed by atoms with van der Waals surface area (Å²) in [6.45, 7) is 3.42. The zero-order valence-electron chi connectivity index (χ0n) is 11.2. The highest BCUT2D eigenvalue weighted by molar-refractivity contribution is 5.76. The summed E-state index contributed by atoms with van der Waals surface area (Å²) in [5, 5.41) is 5.50. The molecule has 1 atom stereocenters. The van der Waals surface area contributed by atoms with Crippen LogP contribution in [-0.2, 0) is 4.74 Å². The van der Waals surface area contributed by atoms with Gasteiger partial charge >= 0.3 is 6.03 Å². The Hall–Kier alpha value is -1.81. The Morgan fingerprint density at radius 1 is 1.47 bits per heavy atom. The first kappa shape index (κ1) is 13.6. The molecule has 4 heteroatoms. The number of hydrogen-bond acceptors (Lipinski definition) is 2. The molecule has 2 amide bonds. The summed E-state index contributed by atoms with van der Waals surface area (Å²) >= 11 is 0. The predicted octanol–water partition coefficient (Wildman–Crippen LogP) is 2.44. The van der Waals surface area contributed by atoms with Crippen LogP contribution >= 0.6 is 0 Å². The molecule has 0 aromatic heterocycles. The van der Waals surface area contributed by atoms with E-state index >= 15 is 0 Å². The Balaban J connectivity index is 1.72. The molecule has 0 spiro atoms. The minimum Gasteiger partial charge on any atom is -0.376 e. The molecule has 2 rings (SSSR count). The van der Waals surface area contributed by atoms with Crippen LogP contribution in [0.3, 0.4) is 0 Å². The van der Waals surface area contributed by atoms with E-state index < -0.39 is 0 Å². The van der Waals surface area contributed by atoms with Gasteiger partial charge in [0.15, 0.2) is 0 Å². The van der Waals surface area contributed by atoms with E-state index in [0.29, 0.717) is 6.54 Å². The predicted molar refractivity (Wildman–Crippen MR) is 75.7 cm³/mol. The first-order valence-corrected chi connectivity index (χ1v) is 6.64. The molecule has 1 unspecified atom stereocenters. The van der Waals surface area contributed by atoms with Gasteiger partial charge < -0.3 is 15.4 Å². The van der Waals surface area contributed by atoms with Crippen LogP contribution in [0.1, 0.15) is 24.0 Å². The van der Waals surface area contributed by atoms with Crippen molar-refractivity contribution in [3.63, 3.8) is 0 Å². The summed E-state index contributed by atoms with van der Waals surface area (Å²) in [6.07, 6.45) is 5.83. The first-order valence-electron chi connectivity index (χ1n) is 6.64. The number of benzene rings is 1. The molecule has 1 heterocycles. The second-order valence-electron chi connectivity index (χ2n) is 4.68. The topological polar surface area (TPSA) is 50.4 Å². The fourth-order valence-electron chi connectivity index (χ4n) is 2.04. The van der Waals surface area contributed by atoms with Crippen molar-refractivity contribution in [2.45, 2.75) is 25.9 Å². The van der Waals surface area contributed by atoms with Crippen LogP contribution < -0.4 is 10.6 Å². The number of nitrogens with one attached hydrogen (secondary N) is 2. The van der Waals surface area contributed by atoms with E-state index in [4.69, 9.17) is 4.74 Å². The number of urea groups is 1. The van der Waals surface area contributed by atoms with E-state index in [-0.39, 0.29) is 12.1 Å². The van der Waals surface area contributed by atoms with Crippen LogP contribution in [0.4, 0.5) is 4.79 Å². The molecule has 0 aliphatic carbocycles. The molecule has 102 valence electrons. The Morgan fingerprint density at radius 2 is 2.32 bits per heavy atom. The summed E-state index contributed by atoms with van der Waals surface area (Å²) in [5.41, 5.74) is 2.28. The van der Waals surface area contributed by atoms with Crippen LogP contribution in [0.25, 0.3) is 6.08 Å². The number of amides is 2. The third-order valence-electron chi connectivity index (χ3n) is 3.18. The summed E-state index contributed by atoms with van der Waals surface area (Å²) in [7, 11) is 0. The molecular weight excluding hydrogens is 240 g/mol. The molecule has 1 aromatic carbocycles. The van der Waals surface area contributed by atoms with Crippen LogP contribution in [0.5, 0.6) is 0 Å². The standard InChI is InChI=1S/C15H20N2O2/c1-12-5-2-3-6-13(12)8-9-16-15(18)17-11-14-7-4-10-19-14/h2-3,5-6,8-9,14H,4,7,10-11H2,1H3,(H2,16,17,18)/b9-8+. The van der Waals surface area contributed by atoms with Gasteiger partial charge in [-0.2, -0.15) is 0 Å². The fraction of sp³-hybridized carbons (Fsp3) is 0.400. The lowest BCUT2D eigenvalue weighted by Gasteiger charge is -2.10. The molecule has 1 aliphatic heterocycles. The van der Waals surface area contributed by atoms with Gasteiger partial charge in [-0.05, 0) is 37.0 Å². The molecule has 1 aliphatic rings. The van der Waals surface area contributed by atoms with Crippen molar-refractivity contribution in [2.75, 3.05) is 13.2 Å². The number of ether oxygens (including phenoxy) is 1. The maximum atomic E-state index is 11.5. The summed E-state index contributed by atoms with van der Waals surface area (Å²) in [5.74, 6) is 0. The van der Waals surface area contributed by atoms with Crippen molar-refractivity contribution in [3.8, 4) is 0 Å². The monoisotopic (exact) mass is 260 g/mol. The molecule has 1 saturated heterocycles. The Labute approximate surface area is 113 Å². The average molecular weight is 260 g/mol. The van der Waals surface area contributed by atoms with Crippen LogP contribution in [0.15, 0.2) is 30.5 Å². The lowest BCUT2D eigenvalue weighted by Crippen LogP contribution is -2.37. The molecule has 0 radical (unpaired) electrons. The highest BCUT2D eigenvalue weighted by Gasteiger charge is 2.15. The van der Waals surface area contributed by atoms with E-state index in [2.05, 4.69) is 10.6 Å². The fourth-order valence-corrected chi connectivity index (χ4v) is 2.04. The zero-order chi connectivity index (χ0) is 13.5. The van der Waals surface area contributed by atoms with Crippen molar-refractivity contribution in [1.29, 1.82) is 0 Å². The Kier molecular flexibility index (Phi) is 4.98. The van der Waals surface area contributed by atoms with Crippen molar-refractivity contribution < 1.29 is 9.53 Å². The summed E-state index contributed by atoms with van der Waals surface area (Å²) in [6, 6.07) is 7.83. The SMILES string of the molecule is Cc1ccccc1/C=C/NC(=O)NCC1CCCO1. The molecule has 4 nitrogen and oxygen atoms in total. The Bertz CT molecular complexity index is 451. The van der Waals surface area contributed by atoms with Crippen molar-refractivity contribution in [1.82, 2.24) is 10.6 Å². The van der Waals surface area contributed by atoms with Gasteiger partial charge in [-0.1, -0.05) is 24.3 Å². The van der Waals surface area contributed by atoms with Gasteiger partial charge in [-0.3, -0.25) is 0 Å². The smallest absolute Gasteiger partial charge is 0.318 e. The van der Waals surface area contributed by atoms with E-state index in [1.807, 2.05) is 37.3 Å². The van der Waals surface area contributed by atoms with E-state index in [1.54, 1.807) is 6.20 Å². The number of hydrogen-bond donors (Lipinski definition) is 2. The molecule has 2 N–H and O–H groups in total. The number of rotatable bonds is 4. The van der Waals surface area contributed by atoms with E-state index in [0.717, 1.165) is 25.0 Å². The van der Waals surface area contributed by atoms with Gasteiger partial charge in [0.1, 0.15) is 0 Å². The summed E-state index contributed by atoms with van der Waals surface area (Å²) in [4.78, 5) is 11.5. The maximum Gasteiger partial charge on any atom is 0.318 e. The second kappa shape index (κ2) is 6.95. The number of carbonyl (C=O) groups excluding carboxylic acids is 1. The number of aryl methyl sites for hydroxylation is 1. The van der Waals surface area contributed by atoms with E-state index in [1.165, 1.54) is 5.56 Å². The molecule has 0 bridgehead atoms. The maximum absolute atomic E-state index is 11.5. The Morgan fingerprint density at radius 3 is 3.05 bits per heavy atom. The van der Waals surface area contributed by atoms with Crippen molar-refractivity contribution in [2.24, 2.45) is 0 Å². The molecule has 1 aromatic rings. The van der Waals surface area contributed by atoms with Crippen LogP contribution in [0.2, 0.25) is 0 Å². The van der Waals surface area contributed by atoms with Crippen LogP contribution in [-0.4, -0.2) is 25.3 Å². The highest BCUT2D eigenvalue weighted by atomic mass is 16.5. The van der Waals surface area contributed by atoms with Crippen molar-refractivity contribution in [3.05, 3.63) is 41.6 Å². The van der Waals surface area contributed by atoms with Gasteiger partial charge in [-0.25, -0.2) is 4.79 Å². The lowest BCUT2D eigenvalue weighted by molar-refractivity contribution is 0.111. The van der Waals surface area contributed by atoms with Gasteiger partial charge in [0.2, 0.25) is 0 Å². The molecule has 1 fully saturated rings. The van der Waals surface area contributed by atoms with Gasteiger partial charge in [-0.15, -0.1) is 0 Å². The highest BCUT2D eigenvalue weighted by Crippen LogP contribution is 2.10. The van der Waals surface area contributed by atoms with Crippen LogP contribution in [0, 0.1) is 6.92 Å². The van der Waals surface area contributed by atoms with Gasteiger partial charge in [0.05, 0.1) is 6.10 Å². The van der Waals surface area contributed by atoms with Gasteiger partial charge in [0.25, 0.3) is 0 Å². The first-order chi connectivity index (χ1) is 9.25. The van der Waals surface area contributed by atoms with Gasteiger partial charge in [0, 0.05) is 19.4 Å². The zero-order valence-corrected chi connectivity index (χ0v) is 11.2. The normalized spacial score (nSPS) is 18.7. The average Bonchev–Trinajstić information content (AvgIpc) is 2.92. The molecule has 19 heavy (non-hydrogen) atoms. The third kappa shape index (κ3) is 4.41. The molecule has 0 saturated carbocycles. The quantitative estimate of drug-likeness (QED) is 0.873. The third-order valence-corrected chi connectivity index (χ3v) is 3.18.